The minimum absolute atomic E-state index is 0.146. The van der Waals surface area contributed by atoms with E-state index in [9.17, 15) is 4.79 Å². The van der Waals surface area contributed by atoms with Gasteiger partial charge in [-0.05, 0) is 58.0 Å². The number of nitrogens with zero attached hydrogens (tertiary/aromatic N) is 4. The smallest absolute Gasteiger partial charge is 0.251 e. The van der Waals surface area contributed by atoms with E-state index in [1.54, 1.807) is 24.3 Å². The fourth-order valence-corrected chi connectivity index (χ4v) is 2.87. The molecule has 7 heteroatoms. The minimum atomic E-state index is -0.146. The third-order valence-electron chi connectivity index (χ3n) is 4.44. The van der Waals surface area contributed by atoms with E-state index in [1.165, 1.54) is 11.0 Å². The largest absolute Gasteiger partial charge is 0.489 e. The molecule has 1 amide bonds. The maximum atomic E-state index is 12.5. The summed E-state index contributed by atoms with van der Waals surface area (Å²) >= 11 is 0. The van der Waals surface area contributed by atoms with Crippen molar-refractivity contribution in [1.82, 2.24) is 25.5 Å². The monoisotopic (exact) mass is 385 g/mol. The first kappa shape index (κ1) is 18.4. The molecule has 0 spiro atoms. The molecule has 0 fully saturated rings. The second-order valence-electron chi connectivity index (χ2n) is 6.35. The van der Waals surface area contributed by atoms with Gasteiger partial charge in [0.1, 0.15) is 18.7 Å². The lowest BCUT2D eigenvalue weighted by Gasteiger charge is -2.12. The number of benzene rings is 3. The Morgan fingerprint density at radius 3 is 2.34 bits per heavy atom. The lowest BCUT2D eigenvalue weighted by molar-refractivity contribution is 0.0950. The van der Waals surface area contributed by atoms with Crippen LogP contribution in [0.4, 0.5) is 0 Å². The van der Waals surface area contributed by atoms with Crippen molar-refractivity contribution in [2.75, 3.05) is 0 Å². The van der Waals surface area contributed by atoms with E-state index >= 15 is 0 Å². The van der Waals surface area contributed by atoms with Crippen LogP contribution in [0.15, 0.2) is 85.2 Å². The summed E-state index contributed by atoms with van der Waals surface area (Å²) in [5, 5.41) is 14.0. The van der Waals surface area contributed by atoms with Crippen LogP contribution in [-0.2, 0) is 13.2 Å². The first-order valence-electron chi connectivity index (χ1n) is 9.16. The van der Waals surface area contributed by atoms with Crippen molar-refractivity contribution in [3.8, 4) is 11.4 Å². The van der Waals surface area contributed by atoms with E-state index in [0.29, 0.717) is 18.7 Å². The summed E-state index contributed by atoms with van der Waals surface area (Å²) in [7, 11) is 0. The molecule has 3 aromatic carbocycles. The van der Waals surface area contributed by atoms with Gasteiger partial charge in [0, 0.05) is 12.1 Å². The fourth-order valence-electron chi connectivity index (χ4n) is 2.87. The van der Waals surface area contributed by atoms with Gasteiger partial charge in [-0.15, -0.1) is 5.10 Å². The number of para-hydroxylation sites is 1. The molecule has 4 aromatic rings. The van der Waals surface area contributed by atoms with Crippen molar-refractivity contribution >= 4 is 5.91 Å². The first-order valence-corrected chi connectivity index (χ1v) is 9.16. The average Bonchev–Trinajstić information content (AvgIpc) is 3.32. The number of ether oxygens (including phenoxy) is 1. The van der Waals surface area contributed by atoms with Crippen LogP contribution in [-0.4, -0.2) is 26.1 Å². The zero-order valence-corrected chi connectivity index (χ0v) is 15.6. The van der Waals surface area contributed by atoms with Gasteiger partial charge in [-0.25, -0.2) is 4.68 Å². The van der Waals surface area contributed by atoms with Crippen molar-refractivity contribution in [1.29, 1.82) is 0 Å². The Kier molecular flexibility index (Phi) is 5.57. The van der Waals surface area contributed by atoms with Gasteiger partial charge >= 0.3 is 0 Å². The normalized spacial score (nSPS) is 10.5. The van der Waals surface area contributed by atoms with Gasteiger partial charge in [-0.3, -0.25) is 4.79 Å². The number of tetrazole rings is 1. The van der Waals surface area contributed by atoms with E-state index in [1.807, 2.05) is 54.6 Å². The summed E-state index contributed by atoms with van der Waals surface area (Å²) in [4.78, 5) is 12.5. The lowest BCUT2D eigenvalue weighted by atomic mass is 10.1. The van der Waals surface area contributed by atoms with E-state index < -0.39 is 0 Å². The molecule has 1 heterocycles. The van der Waals surface area contributed by atoms with Crippen LogP contribution in [0, 0.1) is 0 Å². The highest BCUT2D eigenvalue weighted by Gasteiger charge is 2.08. The van der Waals surface area contributed by atoms with Crippen LogP contribution in [0.3, 0.4) is 0 Å². The summed E-state index contributed by atoms with van der Waals surface area (Å²) < 4.78 is 7.37. The molecule has 1 N–H and O–H groups in total. The van der Waals surface area contributed by atoms with Crippen LogP contribution in [0.2, 0.25) is 0 Å². The zero-order chi connectivity index (χ0) is 19.9. The molecule has 0 radical (unpaired) electrons. The van der Waals surface area contributed by atoms with E-state index in [2.05, 4.69) is 20.8 Å². The molecule has 29 heavy (non-hydrogen) atoms. The summed E-state index contributed by atoms with van der Waals surface area (Å²) in [5.74, 6) is 0.668. The number of carbonyl (C=O) groups is 1. The van der Waals surface area contributed by atoms with Gasteiger partial charge < -0.3 is 10.1 Å². The number of nitrogens with one attached hydrogen (secondary N) is 1. The third-order valence-corrected chi connectivity index (χ3v) is 4.44. The van der Waals surface area contributed by atoms with E-state index in [4.69, 9.17) is 4.74 Å². The van der Waals surface area contributed by atoms with Gasteiger partial charge in [-0.1, -0.05) is 42.5 Å². The molecule has 0 unspecified atom stereocenters. The highest BCUT2D eigenvalue weighted by molar-refractivity contribution is 5.94. The molecule has 0 saturated carbocycles. The summed E-state index contributed by atoms with van der Waals surface area (Å²) in [6.45, 7) is 0.860. The van der Waals surface area contributed by atoms with E-state index in [0.717, 1.165) is 22.6 Å². The Morgan fingerprint density at radius 2 is 1.62 bits per heavy atom. The number of hydrogen-bond donors (Lipinski definition) is 1. The van der Waals surface area contributed by atoms with Gasteiger partial charge in [-0.2, -0.15) is 0 Å². The fraction of sp³-hybridized carbons (Fsp3) is 0.0909. The highest BCUT2D eigenvalue weighted by Crippen LogP contribution is 2.15. The summed E-state index contributed by atoms with van der Waals surface area (Å²) in [5.41, 5.74) is 3.41. The van der Waals surface area contributed by atoms with Crippen LogP contribution < -0.4 is 10.1 Å². The van der Waals surface area contributed by atoms with Crippen molar-refractivity contribution in [2.24, 2.45) is 0 Å². The number of rotatable bonds is 7. The van der Waals surface area contributed by atoms with Gasteiger partial charge in [0.15, 0.2) is 0 Å². The van der Waals surface area contributed by atoms with Gasteiger partial charge in [0.25, 0.3) is 5.91 Å². The van der Waals surface area contributed by atoms with Crippen LogP contribution in [0.5, 0.6) is 5.75 Å². The second-order valence-corrected chi connectivity index (χ2v) is 6.35. The standard InChI is InChI=1S/C22H19N5O2/c28-22(17-10-12-20(13-11-17)27-16-24-25-26-27)23-14-18-6-4-5-7-19(18)15-29-21-8-2-1-3-9-21/h1-13,16H,14-15H2,(H,23,28). The highest BCUT2D eigenvalue weighted by atomic mass is 16.5. The molecule has 0 aliphatic heterocycles. The zero-order valence-electron chi connectivity index (χ0n) is 15.6. The van der Waals surface area contributed by atoms with Crippen molar-refractivity contribution in [2.45, 2.75) is 13.2 Å². The molecule has 1 aromatic heterocycles. The molecule has 0 saturated heterocycles. The van der Waals surface area contributed by atoms with Crippen molar-refractivity contribution in [3.05, 3.63) is 102 Å². The Hall–Kier alpha value is -4.00. The van der Waals surface area contributed by atoms with Crippen LogP contribution >= 0.6 is 0 Å². The predicted octanol–water partition coefficient (Wildman–Crippen LogP) is 3.17. The number of amides is 1. The SMILES string of the molecule is O=C(NCc1ccccc1COc1ccccc1)c1ccc(-n2cnnn2)cc1. The number of aromatic nitrogens is 4. The Labute approximate surface area is 168 Å². The molecule has 144 valence electrons. The Bertz CT molecular complexity index is 1060. The number of carbonyl (C=O) groups excluding carboxylic acids is 1. The quantitative estimate of drug-likeness (QED) is 0.528. The average molecular weight is 385 g/mol. The summed E-state index contributed by atoms with van der Waals surface area (Å²) in [6.07, 6.45) is 1.50. The predicted molar refractivity (Wildman–Crippen MR) is 108 cm³/mol. The van der Waals surface area contributed by atoms with Gasteiger partial charge in [0.2, 0.25) is 0 Å². The maximum Gasteiger partial charge on any atom is 0.251 e. The molecule has 0 bridgehead atoms. The van der Waals surface area contributed by atoms with Crippen LogP contribution in [0.1, 0.15) is 21.5 Å². The molecule has 0 aliphatic carbocycles. The van der Waals surface area contributed by atoms with E-state index in [-0.39, 0.29) is 5.91 Å². The number of hydrogen-bond acceptors (Lipinski definition) is 5. The first-order chi connectivity index (χ1) is 14.3. The van der Waals surface area contributed by atoms with Crippen molar-refractivity contribution in [3.63, 3.8) is 0 Å². The maximum absolute atomic E-state index is 12.5. The second kappa shape index (κ2) is 8.79. The Morgan fingerprint density at radius 1 is 0.897 bits per heavy atom. The molecule has 0 atom stereocenters. The summed E-state index contributed by atoms with van der Waals surface area (Å²) in [6, 6.07) is 24.7. The lowest BCUT2D eigenvalue weighted by Crippen LogP contribution is -2.23. The van der Waals surface area contributed by atoms with Crippen LogP contribution in [0.25, 0.3) is 5.69 Å². The van der Waals surface area contributed by atoms with Gasteiger partial charge in [0.05, 0.1) is 5.69 Å². The Balaban J connectivity index is 1.38. The molecular weight excluding hydrogens is 366 g/mol. The molecule has 4 rings (SSSR count). The minimum Gasteiger partial charge on any atom is -0.489 e. The van der Waals surface area contributed by atoms with Crippen molar-refractivity contribution < 1.29 is 9.53 Å². The third kappa shape index (κ3) is 4.65. The molecule has 0 aliphatic rings. The molecule has 7 nitrogen and oxygen atoms in total. The molecular formula is C22H19N5O2. The topological polar surface area (TPSA) is 81.9 Å².